The first-order valence-electron chi connectivity index (χ1n) is 7.43. The zero-order chi connectivity index (χ0) is 14.1. The zero-order valence-electron chi connectivity index (χ0n) is 11.7. The van der Waals surface area contributed by atoms with Gasteiger partial charge in [-0.25, -0.2) is 0 Å². The fourth-order valence-corrected chi connectivity index (χ4v) is 3.84. The van der Waals surface area contributed by atoms with Crippen molar-refractivity contribution in [2.45, 2.75) is 39.0 Å². The molecule has 1 aromatic heterocycles. The zero-order valence-corrected chi connectivity index (χ0v) is 13.3. The van der Waals surface area contributed by atoms with E-state index < -0.39 is 0 Å². The maximum absolute atomic E-state index is 12.7. The Labute approximate surface area is 127 Å². The summed E-state index contributed by atoms with van der Waals surface area (Å²) in [5, 5.41) is 0.992. The van der Waals surface area contributed by atoms with Gasteiger partial charge in [-0.05, 0) is 46.8 Å². The molecule has 0 aliphatic heterocycles. The molecule has 20 heavy (non-hydrogen) atoms. The number of fused-ring (bicyclic) bond motifs is 1. The van der Waals surface area contributed by atoms with E-state index in [1.54, 1.807) is 0 Å². The topological polar surface area (TPSA) is 30.2 Å². The first-order chi connectivity index (χ1) is 9.70. The molecule has 106 valence electrons. The fraction of sp³-hybridized carbons (Fsp3) is 0.471. The summed E-state index contributed by atoms with van der Waals surface area (Å²) < 4.78 is 6.72. The third-order valence-corrected chi connectivity index (χ3v) is 5.13. The average Bonchev–Trinajstić information content (AvgIpc) is 2.92. The summed E-state index contributed by atoms with van der Waals surface area (Å²) in [6.07, 6.45) is 5.69. The lowest BCUT2D eigenvalue weighted by atomic mass is 9.75. The minimum absolute atomic E-state index is 0.146. The molecular formula is C17H19BrO2. The second kappa shape index (κ2) is 5.72. The van der Waals surface area contributed by atoms with E-state index >= 15 is 0 Å². The van der Waals surface area contributed by atoms with Crippen LogP contribution in [0.3, 0.4) is 0 Å². The molecule has 0 N–H and O–H groups in total. The van der Waals surface area contributed by atoms with Gasteiger partial charge in [0.25, 0.3) is 0 Å². The lowest BCUT2D eigenvalue weighted by Gasteiger charge is -2.28. The molecule has 2 nitrogen and oxygen atoms in total. The summed E-state index contributed by atoms with van der Waals surface area (Å²) in [4.78, 5) is 12.7. The van der Waals surface area contributed by atoms with Gasteiger partial charge in [0.15, 0.2) is 5.76 Å². The van der Waals surface area contributed by atoms with Crippen molar-refractivity contribution in [2.24, 2.45) is 11.8 Å². The predicted molar refractivity (Wildman–Crippen MR) is 84.0 cm³/mol. The molecule has 1 saturated carbocycles. The van der Waals surface area contributed by atoms with E-state index in [9.17, 15) is 4.79 Å². The van der Waals surface area contributed by atoms with Gasteiger partial charge in [-0.2, -0.15) is 0 Å². The highest BCUT2D eigenvalue weighted by atomic mass is 79.9. The molecule has 1 aromatic carbocycles. The third kappa shape index (κ3) is 2.44. The Morgan fingerprint density at radius 1 is 1.35 bits per heavy atom. The summed E-state index contributed by atoms with van der Waals surface area (Å²) in [5.74, 6) is 1.39. The first-order valence-corrected chi connectivity index (χ1v) is 8.22. The van der Waals surface area contributed by atoms with Crippen molar-refractivity contribution >= 4 is 32.7 Å². The highest BCUT2D eigenvalue weighted by Crippen LogP contribution is 2.36. The van der Waals surface area contributed by atoms with Crippen molar-refractivity contribution in [3.8, 4) is 0 Å². The summed E-state index contributed by atoms with van der Waals surface area (Å²) in [6.45, 7) is 2.19. The molecular weight excluding hydrogens is 316 g/mol. The van der Waals surface area contributed by atoms with E-state index in [0.717, 1.165) is 34.7 Å². The molecule has 0 amide bonds. The van der Waals surface area contributed by atoms with Crippen LogP contribution in [0.4, 0.5) is 0 Å². The van der Waals surface area contributed by atoms with Crippen LogP contribution in [0.5, 0.6) is 0 Å². The van der Waals surface area contributed by atoms with Gasteiger partial charge >= 0.3 is 0 Å². The second-order valence-corrected chi connectivity index (χ2v) is 6.55. The van der Waals surface area contributed by atoms with Crippen LogP contribution in [0, 0.1) is 11.8 Å². The molecule has 3 rings (SSSR count). The van der Waals surface area contributed by atoms with Crippen molar-refractivity contribution in [1.82, 2.24) is 0 Å². The Bertz CT molecular complexity index is 629. The molecule has 1 aliphatic rings. The number of furan rings is 1. The Morgan fingerprint density at radius 2 is 2.15 bits per heavy atom. The number of Topliss-reactive ketones (excluding diaryl/α,β-unsaturated/α-hetero) is 1. The Balaban J connectivity index is 1.93. The number of carbonyl (C=O) groups is 1. The first kappa shape index (κ1) is 13.9. The van der Waals surface area contributed by atoms with E-state index in [1.165, 1.54) is 12.8 Å². The van der Waals surface area contributed by atoms with Gasteiger partial charge in [-0.15, -0.1) is 0 Å². The lowest BCUT2D eigenvalue weighted by Crippen LogP contribution is -2.26. The standard InChI is InChI=1S/C17H19BrO2/c1-2-11-6-3-4-8-13(11)16(19)15-10-12-7-5-9-14(18)17(12)20-15/h5,7,9-11,13H,2-4,6,8H2,1H3. The van der Waals surface area contributed by atoms with Gasteiger partial charge in [0.1, 0.15) is 5.58 Å². The molecule has 1 aliphatic carbocycles. The lowest BCUT2D eigenvalue weighted by molar-refractivity contribution is 0.0793. The smallest absolute Gasteiger partial charge is 0.201 e. The Hall–Kier alpha value is -1.09. The number of hydrogen-bond acceptors (Lipinski definition) is 2. The van der Waals surface area contributed by atoms with Gasteiger partial charge in [-0.1, -0.05) is 38.3 Å². The molecule has 2 atom stereocenters. The van der Waals surface area contributed by atoms with Gasteiger partial charge in [0, 0.05) is 11.3 Å². The van der Waals surface area contributed by atoms with Crippen LogP contribution in [-0.2, 0) is 0 Å². The van der Waals surface area contributed by atoms with E-state index in [1.807, 2.05) is 24.3 Å². The van der Waals surface area contributed by atoms with E-state index in [4.69, 9.17) is 4.42 Å². The largest absolute Gasteiger partial charge is 0.452 e. The molecule has 3 heteroatoms. The normalized spacial score (nSPS) is 23.1. The van der Waals surface area contributed by atoms with Crippen LogP contribution < -0.4 is 0 Å². The van der Waals surface area contributed by atoms with Crippen LogP contribution >= 0.6 is 15.9 Å². The number of ketones is 1. The summed E-state index contributed by atoms with van der Waals surface area (Å²) >= 11 is 3.48. The van der Waals surface area contributed by atoms with Crippen molar-refractivity contribution < 1.29 is 9.21 Å². The second-order valence-electron chi connectivity index (χ2n) is 5.69. The van der Waals surface area contributed by atoms with E-state index in [-0.39, 0.29) is 11.7 Å². The van der Waals surface area contributed by atoms with E-state index in [0.29, 0.717) is 11.7 Å². The predicted octanol–water partition coefficient (Wildman–Crippen LogP) is 5.59. The molecule has 1 fully saturated rings. The van der Waals surface area contributed by atoms with Crippen molar-refractivity contribution in [3.63, 3.8) is 0 Å². The molecule has 0 saturated heterocycles. The fourth-order valence-electron chi connectivity index (χ4n) is 3.37. The number of rotatable bonds is 3. The maximum atomic E-state index is 12.7. The average molecular weight is 335 g/mol. The molecule has 0 bridgehead atoms. The van der Waals surface area contributed by atoms with Crippen LogP contribution in [0.2, 0.25) is 0 Å². The van der Waals surface area contributed by atoms with Crippen molar-refractivity contribution in [2.75, 3.05) is 0 Å². The minimum atomic E-state index is 0.146. The van der Waals surface area contributed by atoms with Crippen LogP contribution in [0.25, 0.3) is 11.0 Å². The van der Waals surface area contributed by atoms with Gasteiger partial charge in [-0.3, -0.25) is 4.79 Å². The summed E-state index contributed by atoms with van der Waals surface area (Å²) in [7, 11) is 0. The number of benzene rings is 1. The SMILES string of the molecule is CCC1CCCCC1C(=O)c1cc2cccc(Br)c2o1. The minimum Gasteiger partial charge on any atom is -0.452 e. The third-order valence-electron chi connectivity index (χ3n) is 4.51. The highest BCUT2D eigenvalue weighted by molar-refractivity contribution is 9.10. The summed E-state index contributed by atoms with van der Waals surface area (Å²) in [5.41, 5.74) is 0.778. The molecule has 0 radical (unpaired) electrons. The van der Waals surface area contributed by atoms with Crippen molar-refractivity contribution in [1.29, 1.82) is 0 Å². The van der Waals surface area contributed by atoms with Crippen LogP contribution in [0.15, 0.2) is 33.2 Å². The molecule has 2 unspecified atom stereocenters. The van der Waals surface area contributed by atoms with E-state index in [2.05, 4.69) is 22.9 Å². The maximum Gasteiger partial charge on any atom is 0.201 e. The Kier molecular flexibility index (Phi) is 3.97. The van der Waals surface area contributed by atoms with Gasteiger partial charge < -0.3 is 4.42 Å². The van der Waals surface area contributed by atoms with Crippen molar-refractivity contribution in [3.05, 3.63) is 34.5 Å². The number of halogens is 1. The number of carbonyl (C=O) groups excluding carboxylic acids is 1. The number of para-hydroxylation sites is 1. The van der Waals surface area contributed by atoms with Gasteiger partial charge in [0.2, 0.25) is 5.78 Å². The van der Waals surface area contributed by atoms with Gasteiger partial charge in [0.05, 0.1) is 4.47 Å². The summed E-state index contributed by atoms with van der Waals surface area (Å²) in [6, 6.07) is 7.78. The van der Waals surface area contributed by atoms with Crippen LogP contribution in [0.1, 0.15) is 49.6 Å². The molecule has 1 heterocycles. The monoisotopic (exact) mass is 334 g/mol. The molecule has 2 aromatic rings. The Morgan fingerprint density at radius 3 is 2.90 bits per heavy atom. The molecule has 0 spiro atoms. The quantitative estimate of drug-likeness (QED) is 0.684. The van der Waals surface area contributed by atoms with Crippen LogP contribution in [-0.4, -0.2) is 5.78 Å². The highest BCUT2D eigenvalue weighted by Gasteiger charge is 2.32. The number of hydrogen-bond donors (Lipinski definition) is 0.